The van der Waals surface area contributed by atoms with E-state index in [1.54, 1.807) is 0 Å². The molecule has 1 heterocycles. The Morgan fingerprint density at radius 1 is 1.04 bits per heavy atom. The summed E-state index contributed by atoms with van der Waals surface area (Å²) in [6.45, 7) is 8.12. The minimum Gasteiger partial charge on any atom is -0.494 e. The predicted octanol–water partition coefficient (Wildman–Crippen LogP) is 4.94. The molecule has 0 aliphatic rings. The highest BCUT2D eigenvalue weighted by Gasteiger charge is 2.12. The normalized spacial score (nSPS) is 11.3. The number of imidazole rings is 1. The van der Waals surface area contributed by atoms with Gasteiger partial charge in [-0.2, -0.15) is 0 Å². The van der Waals surface area contributed by atoms with Gasteiger partial charge >= 0.3 is 0 Å². The molecule has 0 spiro atoms. The summed E-state index contributed by atoms with van der Waals surface area (Å²) in [5, 5.41) is 0. The number of fused-ring (bicyclic) bond motifs is 1. The first-order chi connectivity index (χ1) is 11.1. The lowest BCUT2D eigenvalue weighted by Crippen LogP contribution is -2.09. The molecule has 0 unspecified atom stereocenters. The Bertz CT molecular complexity index is 772. The van der Waals surface area contributed by atoms with Crippen molar-refractivity contribution in [1.29, 1.82) is 0 Å². The molecule has 3 heteroatoms. The smallest absolute Gasteiger partial charge is 0.119 e. The van der Waals surface area contributed by atoms with E-state index in [1.165, 1.54) is 11.1 Å². The second-order valence-corrected chi connectivity index (χ2v) is 6.28. The van der Waals surface area contributed by atoms with Crippen molar-refractivity contribution in [3.8, 4) is 5.75 Å². The molecule has 3 nitrogen and oxygen atoms in total. The summed E-state index contributed by atoms with van der Waals surface area (Å²) in [6, 6.07) is 16.6. The van der Waals surface area contributed by atoms with Gasteiger partial charge in [-0.3, -0.25) is 0 Å². The van der Waals surface area contributed by atoms with Crippen LogP contribution in [-0.2, 0) is 6.54 Å². The second-order valence-electron chi connectivity index (χ2n) is 6.28. The first-order valence-corrected chi connectivity index (χ1v) is 8.30. The first kappa shape index (κ1) is 15.6. The molecule has 0 amide bonds. The van der Waals surface area contributed by atoms with Gasteiger partial charge in [0.05, 0.1) is 17.6 Å². The minimum atomic E-state index is 0.417. The highest BCUT2D eigenvalue weighted by molar-refractivity contribution is 5.76. The third-order valence-electron chi connectivity index (χ3n) is 4.02. The predicted molar refractivity (Wildman–Crippen MR) is 95.1 cm³/mol. The largest absolute Gasteiger partial charge is 0.494 e. The average Bonchev–Trinajstić information content (AvgIpc) is 2.92. The van der Waals surface area contributed by atoms with E-state index in [0.717, 1.165) is 30.1 Å². The molecule has 0 atom stereocenters. The fourth-order valence-electron chi connectivity index (χ4n) is 2.82. The van der Waals surface area contributed by atoms with Crippen molar-refractivity contribution >= 4 is 11.0 Å². The van der Waals surface area contributed by atoms with Crippen molar-refractivity contribution in [1.82, 2.24) is 9.55 Å². The van der Waals surface area contributed by atoms with Crippen LogP contribution in [-0.4, -0.2) is 16.2 Å². The summed E-state index contributed by atoms with van der Waals surface area (Å²) in [7, 11) is 0. The number of aromatic nitrogens is 2. The third-order valence-corrected chi connectivity index (χ3v) is 4.02. The monoisotopic (exact) mass is 308 g/mol. The van der Waals surface area contributed by atoms with E-state index in [4.69, 9.17) is 9.72 Å². The van der Waals surface area contributed by atoms with Crippen molar-refractivity contribution in [2.45, 2.75) is 39.7 Å². The summed E-state index contributed by atoms with van der Waals surface area (Å²) >= 11 is 0. The number of hydrogen-bond acceptors (Lipinski definition) is 2. The number of hydrogen-bond donors (Lipinski definition) is 0. The van der Waals surface area contributed by atoms with Crippen molar-refractivity contribution in [2.75, 3.05) is 6.61 Å². The van der Waals surface area contributed by atoms with Gasteiger partial charge < -0.3 is 9.30 Å². The topological polar surface area (TPSA) is 27.1 Å². The van der Waals surface area contributed by atoms with Crippen molar-refractivity contribution in [2.24, 2.45) is 0 Å². The second kappa shape index (κ2) is 6.86. The Balaban J connectivity index is 1.66. The zero-order valence-corrected chi connectivity index (χ0v) is 14.1. The Labute approximate surface area is 137 Å². The van der Waals surface area contributed by atoms with E-state index >= 15 is 0 Å². The Morgan fingerprint density at radius 3 is 2.52 bits per heavy atom. The number of nitrogens with zero attached hydrogens (tertiary/aromatic N) is 2. The van der Waals surface area contributed by atoms with E-state index in [-0.39, 0.29) is 0 Å². The number of benzene rings is 2. The van der Waals surface area contributed by atoms with Gasteiger partial charge in [0.2, 0.25) is 0 Å². The Hall–Kier alpha value is -2.29. The van der Waals surface area contributed by atoms with Gasteiger partial charge in [-0.1, -0.05) is 43.7 Å². The van der Waals surface area contributed by atoms with Gasteiger partial charge in [0.15, 0.2) is 0 Å². The van der Waals surface area contributed by atoms with Crippen LogP contribution in [0.25, 0.3) is 11.0 Å². The lowest BCUT2D eigenvalue weighted by atomic mass is 10.2. The summed E-state index contributed by atoms with van der Waals surface area (Å²) in [4.78, 5) is 4.78. The van der Waals surface area contributed by atoms with Crippen LogP contribution in [0.3, 0.4) is 0 Å². The molecule has 23 heavy (non-hydrogen) atoms. The maximum Gasteiger partial charge on any atom is 0.119 e. The van der Waals surface area contributed by atoms with E-state index in [0.29, 0.717) is 12.5 Å². The minimum absolute atomic E-state index is 0.417. The van der Waals surface area contributed by atoms with E-state index in [1.807, 2.05) is 18.2 Å². The van der Waals surface area contributed by atoms with Crippen LogP contribution < -0.4 is 4.74 Å². The van der Waals surface area contributed by atoms with Crippen LogP contribution >= 0.6 is 0 Å². The SMILES string of the molecule is Cc1ccc(OCCCn2c(C(C)C)nc3ccccc32)cc1. The molecule has 0 radical (unpaired) electrons. The molecule has 1 aromatic heterocycles. The van der Waals surface area contributed by atoms with Crippen LogP contribution in [0, 0.1) is 6.92 Å². The molecule has 0 fully saturated rings. The lowest BCUT2D eigenvalue weighted by molar-refractivity contribution is 0.301. The lowest BCUT2D eigenvalue weighted by Gasteiger charge is -2.12. The fourth-order valence-corrected chi connectivity index (χ4v) is 2.82. The molecule has 2 aromatic carbocycles. The zero-order valence-electron chi connectivity index (χ0n) is 14.1. The molecule has 0 saturated carbocycles. The van der Waals surface area contributed by atoms with Crippen LogP contribution in [0.5, 0.6) is 5.75 Å². The molecule has 0 bridgehead atoms. The van der Waals surface area contributed by atoms with Gasteiger partial charge in [-0.25, -0.2) is 4.98 Å². The molecular formula is C20H24N2O. The van der Waals surface area contributed by atoms with Gasteiger partial charge in [0.25, 0.3) is 0 Å². The highest BCUT2D eigenvalue weighted by Crippen LogP contribution is 2.22. The van der Waals surface area contributed by atoms with Gasteiger partial charge in [-0.05, 0) is 37.6 Å². The average molecular weight is 308 g/mol. The molecule has 3 aromatic rings. The first-order valence-electron chi connectivity index (χ1n) is 8.30. The molecule has 120 valence electrons. The molecule has 0 saturated heterocycles. The number of ether oxygens (including phenoxy) is 1. The summed E-state index contributed by atoms with van der Waals surface area (Å²) < 4.78 is 8.17. The molecule has 0 aliphatic carbocycles. The van der Waals surface area contributed by atoms with Crippen LogP contribution in [0.2, 0.25) is 0 Å². The van der Waals surface area contributed by atoms with Crippen molar-refractivity contribution in [3.05, 3.63) is 59.9 Å². The summed E-state index contributed by atoms with van der Waals surface area (Å²) in [6.07, 6.45) is 0.966. The van der Waals surface area contributed by atoms with Crippen molar-refractivity contribution in [3.63, 3.8) is 0 Å². The Kier molecular flexibility index (Phi) is 4.65. The maximum absolute atomic E-state index is 5.84. The highest BCUT2D eigenvalue weighted by atomic mass is 16.5. The van der Waals surface area contributed by atoms with Gasteiger partial charge in [0, 0.05) is 12.5 Å². The molecule has 3 rings (SSSR count). The maximum atomic E-state index is 5.84. The fraction of sp³-hybridized carbons (Fsp3) is 0.350. The van der Waals surface area contributed by atoms with E-state index in [2.05, 4.69) is 55.7 Å². The van der Waals surface area contributed by atoms with Gasteiger partial charge in [-0.15, -0.1) is 0 Å². The van der Waals surface area contributed by atoms with Crippen LogP contribution in [0.15, 0.2) is 48.5 Å². The van der Waals surface area contributed by atoms with Crippen LogP contribution in [0.4, 0.5) is 0 Å². The molecule has 0 aliphatic heterocycles. The standard InChI is InChI=1S/C20H24N2O/c1-15(2)20-21-18-7-4-5-8-19(18)22(20)13-6-14-23-17-11-9-16(3)10-12-17/h4-5,7-12,15H,6,13-14H2,1-3H3. The summed E-state index contributed by atoms with van der Waals surface area (Å²) in [5.41, 5.74) is 3.55. The quantitative estimate of drug-likeness (QED) is 0.603. The van der Waals surface area contributed by atoms with E-state index in [9.17, 15) is 0 Å². The third kappa shape index (κ3) is 3.55. The number of rotatable bonds is 6. The summed E-state index contributed by atoms with van der Waals surface area (Å²) in [5.74, 6) is 2.51. The number of aryl methyl sites for hydroxylation is 2. The zero-order chi connectivity index (χ0) is 16.2. The Morgan fingerprint density at radius 2 is 1.78 bits per heavy atom. The molecular weight excluding hydrogens is 284 g/mol. The van der Waals surface area contributed by atoms with Crippen LogP contribution in [0.1, 0.15) is 37.6 Å². The van der Waals surface area contributed by atoms with Gasteiger partial charge in [0.1, 0.15) is 11.6 Å². The van der Waals surface area contributed by atoms with Crippen molar-refractivity contribution < 1.29 is 4.74 Å². The van der Waals surface area contributed by atoms with E-state index < -0.39 is 0 Å². The molecule has 0 N–H and O–H groups in total. The number of para-hydroxylation sites is 2.